The maximum atomic E-state index is 11.7. The molecule has 4 N–H and O–H groups in total. The summed E-state index contributed by atoms with van der Waals surface area (Å²) in [6.45, 7) is 2.14. The van der Waals surface area contributed by atoms with Crippen LogP contribution in [0.1, 0.15) is 35.8 Å². The van der Waals surface area contributed by atoms with Gasteiger partial charge in [0.05, 0.1) is 28.7 Å². The van der Waals surface area contributed by atoms with Gasteiger partial charge in [0.15, 0.2) is 5.65 Å². The van der Waals surface area contributed by atoms with Crippen LogP contribution in [0.2, 0.25) is 0 Å². The van der Waals surface area contributed by atoms with Crippen LogP contribution in [0.5, 0.6) is 0 Å². The molecule has 0 saturated heterocycles. The third kappa shape index (κ3) is 2.53. The van der Waals surface area contributed by atoms with Crippen LogP contribution >= 0.6 is 0 Å². The number of aromatic nitrogens is 5. The molecule has 126 valence electrons. The van der Waals surface area contributed by atoms with Crippen molar-refractivity contribution in [2.75, 3.05) is 0 Å². The highest BCUT2D eigenvalue weighted by atomic mass is 16.1. The lowest BCUT2D eigenvalue weighted by molar-refractivity contribution is 0.100. The number of H-pyrrole nitrogens is 2. The molecule has 1 amide bonds. The molecule has 0 unspecified atom stereocenters. The van der Waals surface area contributed by atoms with Crippen LogP contribution in [0.4, 0.5) is 0 Å². The predicted octanol–water partition coefficient (Wildman–Crippen LogP) is 2.94. The standard InChI is InChI=1S/C18H18N6O/c1-2-3-7-13-15(11-6-4-5-10-8-21-24-14(10)11)23-16-12(17(19)25)9-20-18(16)22-13/h4-6,8-9H,2-3,7H2,1H3,(H2,19,25)(H,20,22)(H,21,24). The number of primary amides is 1. The number of hydrogen-bond acceptors (Lipinski definition) is 4. The molecule has 7 heteroatoms. The molecule has 0 aliphatic heterocycles. The van der Waals surface area contributed by atoms with Crippen LogP contribution in [0.15, 0.2) is 30.6 Å². The number of fused-ring (bicyclic) bond motifs is 2. The average Bonchev–Trinajstić information content (AvgIpc) is 3.25. The van der Waals surface area contributed by atoms with E-state index in [1.807, 2.05) is 18.2 Å². The molecule has 7 nitrogen and oxygen atoms in total. The van der Waals surface area contributed by atoms with E-state index < -0.39 is 5.91 Å². The second-order valence-electron chi connectivity index (χ2n) is 6.03. The van der Waals surface area contributed by atoms with Crippen molar-refractivity contribution in [1.29, 1.82) is 0 Å². The molecular weight excluding hydrogens is 316 g/mol. The molecule has 3 heterocycles. The number of amides is 1. The van der Waals surface area contributed by atoms with Crippen LogP contribution in [0.3, 0.4) is 0 Å². The highest BCUT2D eigenvalue weighted by molar-refractivity contribution is 6.04. The van der Waals surface area contributed by atoms with E-state index in [9.17, 15) is 4.79 Å². The molecular formula is C18H18N6O. The van der Waals surface area contributed by atoms with E-state index >= 15 is 0 Å². The minimum Gasteiger partial charge on any atom is -0.365 e. The summed E-state index contributed by atoms with van der Waals surface area (Å²) in [5.74, 6) is -0.521. The molecule has 0 aliphatic carbocycles. The van der Waals surface area contributed by atoms with E-state index in [1.165, 1.54) is 0 Å². The first-order valence-electron chi connectivity index (χ1n) is 8.29. The van der Waals surface area contributed by atoms with Gasteiger partial charge in [-0.2, -0.15) is 5.10 Å². The number of hydrogen-bond donors (Lipinski definition) is 3. The first kappa shape index (κ1) is 15.3. The number of nitrogens with zero attached hydrogens (tertiary/aromatic N) is 3. The Labute approximate surface area is 143 Å². The van der Waals surface area contributed by atoms with Crippen LogP contribution in [-0.4, -0.2) is 31.1 Å². The van der Waals surface area contributed by atoms with Gasteiger partial charge < -0.3 is 10.7 Å². The number of carbonyl (C=O) groups is 1. The summed E-state index contributed by atoms with van der Waals surface area (Å²) in [6.07, 6.45) is 6.23. The normalized spacial score (nSPS) is 11.4. The van der Waals surface area contributed by atoms with Crippen LogP contribution in [0.25, 0.3) is 33.3 Å². The zero-order valence-corrected chi connectivity index (χ0v) is 13.8. The van der Waals surface area contributed by atoms with Gasteiger partial charge in [-0.1, -0.05) is 31.5 Å². The first-order valence-corrected chi connectivity index (χ1v) is 8.29. The van der Waals surface area contributed by atoms with E-state index in [4.69, 9.17) is 15.7 Å². The van der Waals surface area contributed by atoms with E-state index in [0.717, 1.165) is 47.1 Å². The molecule has 3 aromatic heterocycles. The Morgan fingerprint density at radius 2 is 2.16 bits per heavy atom. The van der Waals surface area contributed by atoms with E-state index in [2.05, 4.69) is 22.1 Å². The number of unbranched alkanes of at least 4 members (excludes halogenated alkanes) is 1. The van der Waals surface area contributed by atoms with Crippen molar-refractivity contribution in [2.45, 2.75) is 26.2 Å². The summed E-state index contributed by atoms with van der Waals surface area (Å²) < 4.78 is 0. The minimum absolute atomic E-state index is 0.350. The Morgan fingerprint density at radius 3 is 2.96 bits per heavy atom. The quantitative estimate of drug-likeness (QED) is 0.520. The molecule has 0 bridgehead atoms. The maximum Gasteiger partial charge on any atom is 0.252 e. The Balaban J connectivity index is 2.00. The highest BCUT2D eigenvalue weighted by Crippen LogP contribution is 2.30. The van der Waals surface area contributed by atoms with Gasteiger partial charge in [0, 0.05) is 17.1 Å². The number of carbonyl (C=O) groups excluding carboxylic acids is 1. The number of aryl methyl sites for hydroxylation is 1. The summed E-state index contributed by atoms with van der Waals surface area (Å²) in [4.78, 5) is 24.2. The van der Waals surface area contributed by atoms with Crippen molar-refractivity contribution in [3.05, 3.63) is 41.9 Å². The lowest BCUT2D eigenvalue weighted by atomic mass is 10.0. The first-order chi connectivity index (χ1) is 12.2. The summed E-state index contributed by atoms with van der Waals surface area (Å²) >= 11 is 0. The molecule has 0 radical (unpaired) electrons. The number of nitrogens with two attached hydrogens (primary N) is 1. The molecule has 0 aliphatic rings. The van der Waals surface area contributed by atoms with Gasteiger partial charge in [-0.3, -0.25) is 9.89 Å². The molecule has 25 heavy (non-hydrogen) atoms. The van der Waals surface area contributed by atoms with Crippen LogP contribution < -0.4 is 5.73 Å². The third-order valence-corrected chi connectivity index (χ3v) is 4.34. The monoisotopic (exact) mass is 334 g/mol. The Hall–Kier alpha value is -3.22. The number of nitrogens with one attached hydrogen (secondary N) is 2. The van der Waals surface area contributed by atoms with E-state index in [-0.39, 0.29) is 0 Å². The second kappa shape index (κ2) is 6.01. The Morgan fingerprint density at radius 1 is 1.28 bits per heavy atom. The number of rotatable bonds is 5. The summed E-state index contributed by atoms with van der Waals surface area (Å²) in [7, 11) is 0. The highest BCUT2D eigenvalue weighted by Gasteiger charge is 2.18. The van der Waals surface area contributed by atoms with Crippen LogP contribution in [-0.2, 0) is 6.42 Å². The summed E-state index contributed by atoms with van der Waals surface area (Å²) in [5.41, 5.74) is 10.4. The van der Waals surface area contributed by atoms with E-state index in [1.54, 1.807) is 12.4 Å². The van der Waals surface area contributed by atoms with Crippen molar-refractivity contribution in [1.82, 2.24) is 25.1 Å². The zero-order chi connectivity index (χ0) is 17.4. The lowest BCUT2D eigenvalue weighted by Gasteiger charge is -2.09. The van der Waals surface area contributed by atoms with Crippen molar-refractivity contribution in [3.8, 4) is 11.3 Å². The molecule has 0 spiro atoms. The van der Waals surface area contributed by atoms with Crippen molar-refractivity contribution in [2.24, 2.45) is 5.73 Å². The molecule has 4 rings (SSSR count). The van der Waals surface area contributed by atoms with Gasteiger partial charge in [0.25, 0.3) is 5.91 Å². The van der Waals surface area contributed by atoms with Gasteiger partial charge >= 0.3 is 0 Å². The summed E-state index contributed by atoms with van der Waals surface area (Å²) in [6, 6.07) is 5.95. The number of aromatic amines is 2. The lowest BCUT2D eigenvalue weighted by Crippen LogP contribution is -2.11. The van der Waals surface area contributed by atoms with Gasteiger partial charge in [0.1, 0.15) is 5.52 Å². The second-order valence-corrected chi connectivity index (χ2v) is 6.03. The molecule has 1 aromatic carbocycles. The molecule has 4 aromatic rings. The third-order valence-electron chi connectivity index (χ3n) is 4.34. The van der Waals surface area contributed by atoms with Crippen molar-refractivity contribution >= 4 is 28.0 Å². The number of para-hydroxylation sites is 1. The topological polar surface area (TPSA) is 113 Å². The number of benzene rings is 1. The average molecular weight is 334 g/mol. The predicted molar refractivity (Wildman–Crippen MR) is 96.1 cm³/mol. The van der Waals surface area contributed by atoms with Gasteiger partial charge in [-0.25, -0.2) is 9.97 Å². The summed E-state index contributed by atoms with van der Waals surface area (Å²) in [5, 5.41) is 8.16. The van der Waals surface area contributed by atoms with Crippen LogP contribution in [0, 0.1) is 0 Å². The smallest absolute Gasteiger partial charge is 0.252 e. The fourth-order valence-corrected chi connectivity index (χ4v) is 3.06. The fraction of sp³-hybridized carbons (Fsp3) is 0.222. The Kier molecular flexibility index (Phi) is 3.68. The zero-order valence-electron chi connectivity index (χ0n) is 13.8. The van der Waals surface area contributed by atoms with E-state index in [0.29, 0.717) is 16.7 Å². The molecule has 0 saturated carbocycles. The van der Waals surface area contributed by atoms with Crippen molar-refractivity contribution < 1.29 is 4.79 Å². The largest absolute Gasteiger partial charge is 0.365 e. The van der Waals surface area contributed by atoms with Gasteiger partial charge in [-0.05, 0) is 12.8 Å². The molecule has 0 fully saturated rings. The SMILES string of the molecule is CCCCc1nc2[nH]cc(C(N)=O)c2nc1-c1cccc2cn[nH]c12. The Bertz CT molecular complexity index is 1080. The fourth-order valence-electron chi connectivity index (χ4n) is 3.06. The van der Waals surface area contributed by atoms with Gasteiger partial charge in [0.2, 0.25) is 0 Å². The minimum atomic E-state index is -0.521. The molecule has 0 atom stereocenters. The van der Waals surface area contributed by atoms with Gasteiger partial charge in [-0.15, -0.1) is 0 Å². The van der Waals surface area contributed by atoms with Crippen molar-refractivity contribution in [3.63, 3.8) is 0 Å². The maximum absolute atomic E-state index is 11.7.